The fourth-order valence-corrected chi connectivity index (χ4v) is 6.91. The molecule has 0 bridgehead atoms. The number of halogens is 2. The molecule has 1 aromatic carbocycles. The average Bonchev–Trinajstić information content (AvgIpc) is 3.58. The van der Waals surface area contributed by atoms with Gasteiger partial charge in [0, 0.05) is 62.5 Å². The van der Waals surface area contributed by atoms with Crippen LogP contribution in [0.5, 0.6) is 0 Å². The van der Waals surface area contributed by atoms with Crippen LogP contribution in [0.15, 0.2) is 47.1 Å². The Morgan fingerprint density at radius 1 is 1.31 bits per heavy atom. The van der Waals surface area contributed by atoms with Crippen molar-refractivity contribution >= 4 is 57.9 Å². The summed E-state index contributed by atoms with van der Waals surface area (Å²) in [6.07, 6.45) is 3.56. The van der Waals surface area contributed by atoms with Crippen molar-refractivity contribution in [3.63, 3.8) is 0 Å². The van der Waals surface area contributed by atoms with E-state index in [0.29, 0.717) is 66.9 Å². The van der Waals surface area contributed by atoms with E-state index in [0.717, 1.165) is 5.01 Å². The second kappa shape index (κ2) is 12.3. The summed E-state index contributed by atoms with van der Waals surface area (Å²) in [6.45, 7) is 8.69. The van der Waals surface area contributed by atoms with Gasteiger partial charge < -0.3 is 25.0 Å². The van der Waals surface area contributed by atoms with Gasteiger partial charge >= 0.3 is 11.9 Å². The van der Waals surface area contributed by atoms with Crippen LogP contribution < -0.4 is 5.32 Å². The van der Waals surface area contributed by atoms with E-state index in [-0.39, 0.29) is 17.7 Å². The Morgan fingerprint density at radius 3 is 2.79 bits per heavy atom. The molecular weight excluding hydrogens is 601 g/mol. The molecular formula is C29H33ClFN5O4S2. The zero-order valence-corrected chi connectivity index (χ0v) is 26.0. The number of carboxylic acid groups (broad SMARTS) is 1. The number of esters is 1. The lowest BCUT2D eigenvalue weighted by Crippen LogP contribution is -2.53. The number of nitrogens with one attached hydrogen (secondary N) is 1. The Bertz CT molecular complexity index is 1450. The van der Waals surface area contributed by atoms with Gasteiger partial charge in [-0.3, -0.25) is 9.69 Å². The molecule has 4 heterocycles. The van der Waals surface area contributed by atoms with Gasteiger partial charge in [0.2, 0.25) is 0 Å². The molecule has 224 valence electrons. The first-order valence-corrected chi connectivity index (χ1v) is 15.4. The zero-order chi connectivity index (χ0) is 30.2. The van der Waals surface area contributed by atoms with E-state index in [1.165, 1.54) is 17.4 Å². The van der Waals surface area contributed by atoms with Crippen molar-refractivity contribution in [2.75, 3.05) is 45.9 Å². The van der Waals surface area contributed by atoms with Gasteiger partial charge in [-0.2, -0.15) is 0 Å². The predicted octanol–water partition coefficient (Wildman–Crippen LogP) is 4.18. The van der Waals surface area contributed by atoms with Gasteiger partial charge in [0.15, 0.2) is 5.11 Å². The molecule has 2 saturated heterocycles. The molecule has 2 fully saturated rings. The minimum absolute atomic E-state index is 0.0438. The number of piperazine rings is 1. The summed E-state index contributed by atoms with van der Waals surface area (Å²) in [4.78, 5) is 36.1. The maximum atomic E-state index is 14.6. The third-order valence-electron chi connectivity index (χ3n) is 7.79. The summed E-state index contributed by atoms with van der Waals surface area (Å²) in [5.74, 6) is -2.58. The normalized spacial score (nSPS) is 21.3. The highest BCUT2D eigenvalue weighted by molar-refractivity contribution is 7.80. The molecule has 9 nitrogen and oxygen atoms in total. The summed E-state index contributed by atoms with van der Waals surface area (Å²) >= 11 is 13.6. The second-order valence-electron chi connectivity index (χ2n) is 11.2. The first-order valence-electron chi connectivity index (χ1n) is 13.7. The van der Waals surface area contributed by atoms with Crippen molar-refractivity contribution in [3.8, 4) is 0 Å². The van der Waals surface area contributed by atoms with Crippen LogP contribution in [0.25, 0.3) is 5.70 Å². The molecule has 2 atom stereocenters. The molecule has 0 saturated carbocycles. The Labute approximate surface area is 258 Å². The van der Waals surface area contributed by atoms with Gasteiger partial charge in [0.25, 0.3) is 0 Å². The number of rotatable bonds is 9. The van der Waals surface area contributed by atoms with E-state index in [4.69, 9.17) is 28.6 Å². The number of carbonyl (C=O) groups is 2. The number of fused-ring (bicyclic) bond motifs is 1. The SMILES string of the molecule is CCOC(=O)C1=C(CN2CCN3C(=S)N(CC(C)(C)C(=O)O)C[C@@H]3C2)NC(c2nccs2)=C[C@H]1c1cccc(F)c1Cl. The van der Waals surface area contributed by atoms with E-state index in [1.807, 2.05) is 16.4 Å². The standard InChI is InChI=1S/C29H33ClFN5O4S2/c1-4-40-26(37)23-19(18-6-5-7-20(31)24(18)30)12-21(25-32-8-11-42-25)33-22(23)15-34-9-10-36-17(13-34)14-35(28(36)41)16-29(2,3)27(38)39/h5-8,11-12,17,19,33H,4,9-10,13-16H2,1-3H3,(H,38,39)/t17-,19-/m0/s1. The van der Waals surface area contributed by atoms with Crippen molar-refractivity contribution in [2.24, 2.45) is 5.41 Å². The third kappa shape index (κ3) is 6.03. The van der Waals surface area contributed by atoms with Crippen LogP contribution in [0, 0.1) is 11.2 Å². The number of thiocarbonyl (C=S) groups is 1. The van der Waals surface area contributed by atoms with Crippen molar-refractivity contribution in [1.29, 1.82) is 0 Å². The number of carboxylic acids is 1. The molecule has 0 amide bonds. The number of ether oxygens (including phenoxy) is 1. The van der Waals surface area contributed by atoms with Crippen LogP contribution in [-0.2, 0) is 14.3 Å². The number of allylic oxidation sites excluding steroid dienone is 1. The molecule has 3 aliphatic rings. The summed E-state index contributed by atoms with van der Waals surface area (Å²) in [6, 6.07) is 4.67. The van der Waals surface area contributed by atoms with Gasteiger partial charge in [-0.1, -0.05) is 23.7 Å². The molecule has 3 aliphatic heterocycles. The first-order chi connectivity index (χ1) is 20.0. The number of carbonyl (C=O) groups excluding carboxylic acids is 1. The van der Waals surface area contributed by atoms with E-state index in [9.17, 15) is 19.1 Å². The van der Waals surface area contributed by atoms with Crippen molar-refractivity contribution < 1.29 is 23.8 Å². The molecule has 2 N–H and O–H groups in total. The van der Waals surface area contributed by atoms with E-state index in [2.05, 4.69) is 20.1 Å². The highest BCUT2D eigenvalue weighted by atomic mass is 35.5. The second-order valence-corrected chi connectivity index (χ2v) is 12.8. The van der Waals surface area contributed by atoms with Crippen LogP contribution >= 0.6 is 35.2 Å². The molecule has 0 unspecified atom stereocenters. The largest absolute Gasteiger partial charge is 0.481 e. The number of benzene rings is 1. The summed E-state index contributed by atoms with van der Waals surface area (Å²) in [5, 5.41) is 16.3. The third-order valence-corrected chi connectivity index (χ3v) is 9.49. The Hall–Kier alpha value is -3.06. The van der Waals surface area contributed by atoms with E-state index in [1.54, 1.807) is 39.1 Å². The van der Waals surface area contributed by atoms with Crippen molar-refractivity contribution in [3.05, 3.63) is 68.5 Å². The van der Waals surface area contributed by atoms with Crippen LogP contribution in [-0.4, -0.2) is 93.8 Å². The van der Waals surface area contributed by atoms with Crippen LogP contribution in [0.4, 0.5) is 4.39 Å². The number of aromatic nitrogens is 1. The molecule has 13 heteroatoms. The van der Waals surface area contributed by atoms with Crippen molar-refractivity contribution in [1.82, 2.24) is 25.0 Å². The predicted molar refractivity (Wildman–Crippen MR) is 164 cm³/mol. The minimum atomic E-state index is -0.935. The first kappa shape index (κ1) is 30.4. The number of thiazole rings is 1. The zero-order valence-electron chi connectivity index (χ0n) is 23.6. The Morgan fingerprint density at radius 2 is 2.10 bits per heavy atom. The minimum Gasteiger partial charge on any atom is -0.481 e. The molecule has 0 radical (unpaired) electrons. The van der Waals surface area contributed by atoms with Crippen molar-refractivity contribution in [2.45, 2.75) is 32.7 Å². The molecule has 1 aromatic heterocycles. The summed E-state index contributed by atoms with van der Waals surface area (Å²) < 4.78 is 20.1. The van der Waals surface area contributed by atoms with E-state index < -0.39 is 29.1 Å². The fraction of sp³-hybridized carbons (Fsp3) is 0.448. The lowest BCUT2D eigenvalue weighted by Gasteiger charge is -2.39. The van der Waals surface area contributed by atoms with Gasteiger partial charge in [-0.25, -0.2) is 14.2 Å². The molecule has 0 aliphatic carbocycles. The molecule has 42 heavy (non-hydrogen) atoms. The number of nitrogens with zero attached hydrogens (tertiary/aromatic N) is 4. The number of dihydropyridines is 1. The average molecular weight is 634 g/mol. The van der Waals surface area contributed by atoms with Crippen LogP contribution in [0.2, 0.25) is 5.02 Å². The Kier molecular flexibility index (Phi) is 8.89. The quantitative estimate of drug-likeness (QED) is 0.309. The summed E-state index contributed by atoms with van der Waals surface area (Å²) in [7, 11) is 0. The van der Waals surface area contributed by atoms with Gasteiger partial charge in [-0.15, -0.1) is 11.3 Å². The number of aliphatic carboxylic acids is 1. The Balaban J connectivity index is 1.45. The number of hydrogen-bond donors (Lipinski definition) is 2. The van der Waals surface area contributed by atoms with Gasteiger partial charge in [0.1, 0.15) is 10.8 Å². The van der Waals surface area contributed by atoms with Crippen LogP contribution in [0.1, 0.15) is 37.3 Å². The maximum absolute atomic E-state index is 14.6. The fourth-order valence-electron chi connectivity index (χ4n) is 5.67. The highest BCUT2D eigenvalue weighted by Gasteiger charge is 2.42. The molecule has 5 rings (SSSR count). The lowest BCUT2D eigenvalue weighted by atomic mass is 9.86. The molecule has 2 aromatic rings. The monoisotopic (exact) mass is 633 g/mol. The summed E-state index contributed by atoms with van der Waals surface area (Å²) in [5.41, 5.74) is 1.26. The van der Waals surface area contributed by atoms with Gasteiger partial charge in [-0.05, 0) is 50.7 Å². The topological polar surface area (TPSA) is 98.2 Å². The van der Waals surface area contributed by atoms with Gasteiger partial charge in [0.05, 0.1) is 34.4 Å². The van der Waals surface area contributed by atoms with E-state index >= 15 is 0 Å². The molecule has 0 spiro atoms. The number of hydrogen-bond acceptors (Lipinski definition) is 8. The highest BCUT2D eigenvalue weighted by Crippen LogP contribution is 2.40. The lowest BCUT2D eigenvalue weighted by molar-refractivity contribution is -0.147. The van der Waals surface area contributed by atoms with Crippen LogP contribution in [0.3, 0.4) is 0 Å². The maximum Gasteiger partial charge on any atom is 0.336 e. The smallest absolute Gasteiger partial charge is 0.336 e.